The third-order valence-corrected chi connectivity index (χ3v) is 5.62. The summed E-state index contributed by atoms with van der Waals surface area (Å²) in [5.41, 5.74) is 0.945. The molecule has 0 saturated carbocycles. The standard InChI is InChI=1S/C20H27N5O3/c1-28-17-7-5-6-16(14-17)22-10-12-23(13-11-22)19(26)15-25-20(27)24-9-4-2-3-8-18(24)21-25/h5-7,14H,2-4,8-13,15H2,1H3. The highest BCUT2D eigenvalue weighted by molar-refractivity contribution is 5.76. The number of amides is 1. The minimum Gasteiger partial charge on any atom is -0.497 e. The van der Waals surface area contributed by atoms with E-state index in [1.54, 1.807) is 11.7 Å². The van der Waals surface area contributed by atoms with Gasteiger partial charge in [-0.25, -0.2) is 9.48 Å². The Bertz CT molecular complexity index is 895. The zero-order valence-corrected chi connectivity index (χ0v) is 16.3. The van der Waals surface area contributed by atoms with Gasteiger partial charge < -0.3 is 14.5 Å². The maximum atomic E-state index is 12.7. The number of hydrogen-bond donors (Lipinski definition) is 0. The van der Waals surface area contributed by atoms with E-state index in [-0.39, 0.29) is 18.1 Å². The Balaban J connectivity index is 1.37. The summed E-state index contributed by atoms with van der Waals surface area (Å²) in [7, 11) is 1.66. The number of rotatable bonds is 4. The molecule has 4 rings (SSSR count). The Morgan fingerprint density at radius 3 is 2.71 bits per heavy atom. The Labute approximate surface area is 164 Å². The summed E-state index contributed by atoms with van der Waals surface area (Å²) >= 11 is 0. The minimum atomic E-state index is -0.153. The minimum absolute atomic E-state index is 0.0258. The molecule has 0 atom stereocenters. The van der Waals surface area contributed by atoms with Crippen molar-refractivity contribution in [2.24, 2.45) is 0 Å². The van der Waals surface area contributed by atoms with Crippen molar-refractivity contribution in [1.29, 1.82) is 0 Å². The average molecular weight is 385 g/mol. The van der Waals surface area contributed by atoms with Crippen LogP contribution in [0.1, 0.15) is 25.1 Å². The first-order valence-corrected chi connectivity index (χ1v) is 9.99. The largest absolute Gasteiger partial charge is 0.497 e. The summed E-state index contributed by atoms with van der Waals surface area (Å²) < 4.78 is 8.37. The number of benzene rings is 1. The molecule has 0 radical (unpaired) electrons. The van der Waals surface area contributed by atoms with E-state index in [2.05, 4.69) is 16.1 Å². The lowest BCUT2D eigenvalue weighted by Gasteiger charge is -2.36. The smallest absolute Gasteiger partial charge is 0.346 e. The number of methoxy groups -OCH3 is 1. The zero-order chi connectivity index (χ0) is 19.5. The summed E-state index contributed by atoms with van der Waals surface area (Å²) in [6, 6.07) is 7.96. The monoisotopic (exact) mass is 385 g/mol. The molecule has 1 fully saturated rings. The van der Waals surface area contributed by atoms with Crippen LogP contribution in [0.5, 0.6) is 5.75 Å². The second-order valence-electron chi connectivity index (χ2n) is 7.39. The molecule has 0 spiro atoms. The number of fused-ring (bicyclic) bond motifs is 1. The number of nitrogens with zero attached hydrogens (tertiary/aromatic N) is 5. The fourth-order valence-corrected chi connectivity index (χ4v) is 3.98. The van der Waals surface area contributed by atoms with E-state index in [4.69, 9.17) is 4.74 Å². The van der Waals surface area contributed by atoms with Gasteiger partial charge >= 0.3 is 5.69 Å². The maximum absolute atomic E-state index is 12.7. The van der Waals surface area contributed by atoms with E-state index in [1.165, 1.54) is 4.68 Å². The maximum Gasteiger partial charge on any atom is 0.346 e. The van der Waals surface area contributed by atoms with Crippen molar-refractivity contribution < 1.29 is 9.53 Å². The van der Waals surface area contributed by atoms with Crippen molar-refractivity contribution in [3.05, 3.63) is 40.6 Å². The Hall–Kier alpha value is -2.77. The van der Waals surface area contributed by atoms with Crippen LogP contribution in [-0.4, -0.2) is 58.4 Å². The summed E-state index contributed by atoms with van der Waals surface area (Å²) in [6.07, 6.45) is 3.99. The SMILES string of the molecule is COc1cccc(N2CCN(C(=O)Cn3nc4n(c3=O)CCCCC4)CC2)c1. The molecule has 3 heterocycles. The van der Waals surface area contributed by atoms with Crippen molar-refractivity contribution in [3.8, 4) is 5.75 Å². The molecule has 8 heteroatoms. The molecular formula is C20H27N5O3. The zero-order valence-electron chi connectivity index (χ0n) is 16.3. The molecular weight excluding hydrogens is 358 g/mol. The van der Waals surface area contributed by atoms with Gasteiger partial charge in [-0.3, -0.25) is 9.36 Å². The molecule has 1 aromatic heterocycles. The molecule has 8 nitrogen and oxygen atoms in total. The number of carbonyl (C=O) groups is 1. The number of aromatic nitrogens is 3. The number of hydrogen-bond acceptors (Lipinski definition) is 5. The van der Waals surface area contributed by atoms with Crippen LogP contribution in [0.3, 0.4) is 0 Å². The van der Waals surface area contributed by atoms with Crippen LogP contribution in [0.2, 0.25) is 0 Å². The highest BCUT2D eigenvalue weighted by Gasteiger charge is 2.24. The molecule has 2 aliphatic heterocycles. The van der Waals surface area contributed by atoms with E-state index in [1.807, 2.05) is 23.1 Å². The fourth-order valence-electron chi connectivity index (χ4n) is 3.98. The second-order valence-corrected chi connectivity index (χ2v) is 7.39. The van der Waals surface area contributed by atoms with Crippen molar-refractivity contribution >= 4 is 11.6 Å². The van der Waals surface area contributed by atoms with E-state index in [9.17, 15) is 9.59 Å². The number of carbonyl (C=O) groups excluding carboxylic acids is 1. The molecule has 150 valence electrons. The number of anilines is 1. The molecule has 2 aliphatic rings. The van der Waals surface area contributed by atoms with Crippen LogP contribution in [0, 0.1) is 0 Å². The topological polar surface area (TPSA) is 72.6 Å². The predicted octanol–water partition coefficient (Wildman–Crippen LogP) is 1.13. The van der Waals surface area contributed by atoms with Crippen LogP contribution in [-0.2, 0) is 24.3 Å². The highest BCUT2D eigenvalue weighted by Crippen LogP contribution is 2.22. The molecule has 1 saturated heterocycles. The fraction of sp³-hybridized carbons (Fsp3) is 0.550. The third-order valence-electron chi connectivity index (χ3n) is 5.62. The molecule has 0 aliphatic carbocycles. The van der Waals surface area contributed by atoms with E-state index in [0.29, 0.717) is 19.6 Å². The summed E-state index contributed by atoms with van der Waals surface area (Å²) in [5.74, 6) is 1.61. The third kappa shape index (κ3) is 3.76. The first-order valence-electron chi connectivity index (χ1n) is 9.99. The van der Waals surface area contributed by atoms with Gasteiger partial charge in [0, 0.05) is 50.9 Å². The van der Waals surface area contributed by atoms with Gasteiger partial charge in [-0.2, -0.15) is 5.10 Å². The summed E-state index contributed by atoms with van der Waals surface area (Å²) in [4.78, 5) is 29.4. The molecule has 0 bridgehead atoms. The first kappa shape index (κ1) is 18.6. The molecule has 28 heavy (non-hydrogen) atoms. The second kappa shape index (κ2) is 8.08. The van der Waals surface area contributed by atoms with Crippen LogP contribution in [0.25, 0.3) is 0 Å². The predicted molar refractivity (Wildman–Crippen MR) is 106 cm³/mol. The lowest BCUT2D eigenvalue weighted by atomic mass is 10.2. The Morgan fingerprint density at radius 1 is 1.11 bits per heavy atom. The van der Waals surface area contributed by atoms with Gasteiger partial charge in [-0.15, -0.1) is 0 Å². The van der Waals surface area contributed by atoms with Gasteiger partial charge in [0.05, 0.1) is 7.11 Å². The number of aryl methyl sites for hydroxylation is 1. The number of piperazine rings is 1. The van der Waals surface area contributed by atoms with Crippen molar-refractivity contribution in [3.63, 3.8) is 0 Å². The summed E-state index contributed by atoms with van der Waals surface area (Å²) in [5, 5.41) is 4.42. The Kier molecular flexibility index (Phi) is 5.36. The molecule has 1 aromatic carbocycles. The van der Waals surface area contributed by atoms with E-state index < -0.39 is 0 Å². The molecule has 2 aromatic rings. The van der Waals surface area contributed by atoms with Crippen LogP contribution >= 0.6 is 0 Å². The normalized spacial score (nSPS) is 17.2. The highest BCUT2D eigenvalue weighted by atomic mass is 16.5. The van der Waals surface area contributed by atoms with Crippen molar-refractivity contribution in [2.75, 3.05) is 38.2 Å². The van der Waals surface area contributed by atoms with Gasteiger partial charge in [0.15, 0.2) is 0 Å². The first-order chi connectivity index (χ1) is 13.7. The lowest BCUT2D eigenvalue weighted by Crippen LogP contribution is -2.50. The van der Waals surface area contributed by atoms with Crippen LogP contribution in [0.4, 0.5) is 5.69 Å². The lowest BCUT2D eigenvalue weighted by molar-refractivity contribution is -0.132. The van der Waals surface area contributed by atoms with Gasteiger partial charge in [0.1, 0.15) is 18.1 Å². The van der Waals surface area contributed by atoms with Gasteiger partial charge in [0.25, 0.3) is 0 Å². The quantitative estimate of drug-likeness (QED) is 0.789. The average Bonchev–Trinajstić information content (AvgIpc) is 2.89. The molecule has 0 unspecified atom stereocenters. The van der Waals surface area contributed by atoms with Crippen molar-refractivity contribution in [2.45, 2.75) is 38.8 Å². The van der Waals surface area contributed by atoms with E-state index >= 15 is 0 Å². The molecule has 1 amide bonds. The number of ether oxygens (including phenoxy) is 1. The Morgan fingerprint density at radius 2 is 1.93 bits per heavy atom. The summed E-state index contributed by atoms with van der Waals surface area (Å²) in [6.45, 7) is 3.53. The van der Waals surface area contributed by atoms with E-state index in [0.717, 1.165) is 56.0 Å². The van der Waals surface area contributed by atoms with Gasteiger partial charge in [0.2, 0.25) is 5.91 Å². The molecule has 0 N–H and O–H groups in total. The van der Waals surface area contributed by atoms with Crippen LogP contribution < -0.4 is 15.3 Å². The van der Waals surface area contributed by atoms with Gasteiger partial charge in [-0.1, -0.05) is 12.5 Å². The van der Waals surface area contributed by atoms with Crippen LogP contribution in [0.15, 0.2) is 29.1 Å². The van der Waals surface area contributed by atoms with Crippen molar-refractivity contribution in [1.82, 2.24) is 19.2 Å². The van der Waals surface area contributed by atoms with Gasteiger partial charge in [-0.05, 0) is 25.0 Å².